The van der Waals surface area contributed by atoms with Crippen LogP contribution in [0.1, 0.15) is 32.8 Å². The van der Waals surface area contributed by atoms with Crippen molar-refractivity contribution in [2.45, 2.75) is 33.7 Å². The zero-order valence-electron chi connectivity index (χ0n) is 11.5. The molecule has 0 amide bonds. The topological polar surface area (TPSA) is 28.2 Å². The molecule has 0 saturated heterocycles. The average molecular weight is 235 g/mol. The number of hydrogen-bond donors (Lipinski definition) is 1. The molecule has 17 heavy (non-hydrogen) atoms. The fourth-order valence-corrected chi connectivity index (χ4v) is 1.95. The van der Waals surface area contributed by atoms with Crippen molar-refractivity contribution in [2.24, 2.45) is 5.92 Å². The number of rotatable bonds is 7. The summed E-state index contributed by atoms with van der Waals surface area (Å²) in [5, 5.41) is 3.38. The lowest BCUT2D eigenvalue weighted by molar-refractivity contribution is 0.288. The molecule has 0 fully saturated rings. The molecular weight excluding hydrogens is 210 g/mol. The quantitative estimate of drug-likeness (QED) is 0.787. The van der Waals surface area contributed by atoms with Crippen LogP contribution in [0.2, 0.25) is 0 Å². The highest BCUT2D eigenvalue weighted by atomic mass is 15.1. The van der Waals surface area contributed by atoms with E-state index in [0.29, 0.717) is 5.92 Å². The van der Waals surface area contributed by atoms with E-state index in [2.05, 4.69) is 49.1 Å². The van der Waals surface area contributed by atoms with Gasteiger partial charge in [0.25, 0.3) is 0 Å². The predicted molar refractivity (Wildman–Crippen MR) is 74.2 cm³/mol. The van der Waals surface area contributed by atoms with Gasteiger partial charge in [-0.25, -0.2) is 4.98 Å². The number of hydrogen-bond acceptors (Lipinski definition) is 3. The van der Waals surface area contributed by atoms with Gasteiger partial charge < -0.3 is 10.2 Å². The van der Waals surface area contributed by atoms with E-state index in [1.54, 1.807) is 0 Å². The number of aromatic nitrogens is 1. The van der Waals surface area contributed by atoms with E-state index in [-0.39, 0.29) is 0 Å². The van der Waals surface area contributed by atoms with Crippen molar-refractivity contribution in [1.82, 2.24) is 9.88 Å². The van der Waals surface area contributed by atoms with Gasteiger partial charge in [-0.1, -0.05) is 26.8 Å². The lowest BCUT2D eigenvalue weighted by Crippen LogP contribution is -2.23. The first-order valence-corrected chi connectivity index (χ1v) is 6.49. The largest absolute Gasteiger partial charge is 0.370 e. The van der Waals surface area contributed by atoms with E-state index in [0.717, 1.165) is 31.9 Å². The second kappa shape index (κ2) is 7.28. The van der Waals surface area contributed by atoms with Gasteiger partial charge in [0.15, 0.2) is 0 Å². The van der Waals surface area contributed by atoms with Gasteiger partial charge in [-0.3, -0.25) is 0 Å². The van der Waals surface area contributed by atoms with E-state index in [9.17, 15) is 0 Å². The van der Waals surface area contributed by atoms with Gasteiger partial charge in [-0.05, 0) is 25.5 Å². The standard InChI is InChI=1S/C14H25N3/c1-5-8-15-14-13(7-6-9-16-14)11-17(4)10-12(2)3/h6-7,9,12H,5,8,10-11H2,1-4H3,(H,15,16). The van der Waals surface area contributed by atoms with Crippen molar-refractivity contribution in [1.29, 1.82) is 0 Å². The van der Waals surface area contributed by atoms with Crippen LogP contribution in [-0.4, -0.2) is 30.0 Å². The van der Waals surface area contributed by atoms with Gasteiger partial charge in [0.2, 0.25) is 0 Å². The van der Waals surface area contributed by atoms with Crippen molar-refractivity contribution in [3.05, 3.63) is 23.9 Å². The number of nitrogens with one attached hydrogen (secondary N) is 1. The number of nitrogens with zero attached hydrogens (tertiary/aromatic N) is 2. The molecular formula is C14H25N3. The lowest BCUT2D eigenvalue weighted by Gasteiger charge is -2.20. The summed E-state index contributed by atoms with van der Waals surface area (Å²) in [6, 6.07) is 4.16. The minimum absolute atomic E-state index is 0.698. The van der Waals surface area contributed by atoms with Gasteiger partial charge in [0.1, 0.15) is 5.82 Å². The molecule has 0 aliphatic carbocycles. The van der Waals surface area contributed by atoms with Crippen LogP contribution in [0.4, 0.5) is 5.82 Å². The Bertz CT molecular complexity index is 323. The molecule has 0 aliphatic heterocycles. The summed E-state index contributed by atoms with van der Waals surface area (Å²) >= 11 is 0. The van der Waals surface area contributed by atoms with E-state index >= 15 is 0 Å². The molecule has 1 heterocycles. The first-order valence-electron chi connectivity index (χ1n) is 6.49. The molecule has 0 spiro atoms. The third kappa shape index (κ3) is 5.18. The zero-order valence-corrected chi connectivity index (χ0v) is 11.5. The molecule has 1 N–H and O–H groups in total. The summed E-state index contributed by atoms with van der Waals surface area (Å²) < 4.78 is 0. The van der Waals surface area contributed by atoms with Crippen molar-refractivity contribution in [3.8, 4) is 0 Å². The highest BCUT2D eigenvalue weighted by Gasteiger charge is 2.07. The normalized spacial score (nSPS) is 11.2. The van der Waals surface area contributed by atoms with Crippen LogP contribution in [-0.2, 0) is 6.54 Å². The van der Waals surface area contributed by atoms with Crippen molar-refractivity contribution in [3.63, 3.8) is 0 Å². The van der Waals surface area contributed by atoms with Gasteiger partial charge in [0, 0.05) is 31.4 Å². The Hall–Kier alpha value is -1.09. The SMILES string of the molecule is CCCNc1ncccc1CN(C)CC(C)C. The van der Waals surface area contributed by atoms with Gasteiger partial charge in [-0.15, -0.1) is 0 Å². The minimum atomic E-state index is 0.698. The Kier molecular flexibility index (Phi) is 5.98. The molecule has 0 bridgehead atoms. The molecule has 1 aromatic rings. The maximum Gasteiger partial charge on any atom is 0.130 e. The maximum atomic E-state index is 4.41. The third-order valence-electron chi connectivity index (χ3n) is 2.55. The van der Waals surface area contributed by atoms with Crippen molar-refractivity contribution >= 4 is 5.82 Å². The summed E-state index contributed by atoms with van der Waals surface area (Å²) in [5.74, 6) is 1.73. The molecule has 1 rings (SSSR count). The van der Waals surface area contributed by atoms with Crippen LogP contribution in [0.3, 0.4) is 0 Å². The summed E-state index contributed by atoms with van der Waals surface area (Å²) in [6.07, 6.45) is 2.97. The molecule has 0 atom stereocenters. The lowest BCUT2D eigenvalue weighted by atomic mass is 10.2. The fourth-order valence-electron chi connectivity index (χ4n) is 1.95. The van der Waals surface area contributed by atoms with Crippen LogP contribution in [0.15, 0.2) is 18.3 Å². The second-order valence-corrected chi connectivity index (χ2v) is 5.03. The molecule has 0 radical (unpaired) electrons. The summed E-state index contributed by atoms with van der Waals surface area (Å²) in [5.41, 5.74) is 1.28. The monoisotopic (exact) mass is 235 g/mol. The van der Waals surface area contributed by atoms with Crippen molar-refractivity contribution in [2.75, 3.05) is 25.5 Å². The average Bonchev–Trinajstić information content (AvgIpc) is 2.26. The predicted octanol–water partition coefficient (Wildman–Crippen LogP) is 2.99. The van der Waals surface area contributed by atoms with Gasteiger partial charge in [0.05, 0.1) is 0 Å². The van der Waals surface area contributed by atoms with Gasteiger partial charge in [-0.2, -0.15) is 0 Å². The summed E-state index contributed by atoms with van der Waals surface area (Å²) in [7, 11) is 2.16. The second-order valence-electron chi connectivity index (χ2n) is 5.03. The molecule has 1 aromatic heterocycles. The fraction of sp³-hybridized carbons (Fsp3) is 0.643. The summed E-state index contributed by atoms with van der Waals surface area (Å²) in [4.78, 5) is 6.76. The number of pyridine rings is 1. The van der Waals surface area contributed by atoms with Crippen molar-refractivity contribution < 1.29 is 0 Å². The molecule has 0 unspecified atom stereocenters. The Morgan fingerprint density at radius 1 is 1.41 bits per heavy atom. The Balaban J connectivity index is 2.62. The van der Waals surface area contributed by atoms with Crippen LogP contribution >= 0.6 is 0 Å². The molecule has 0 saturated carbocycles. The first kappa shape index (κ1) is 14.0. The Morgan fingerprint density at radius 3 is 2.82 bits per heavy atom. The molecule has 96 valence electrons. The molecule has 0 aromatic carbocycles. The van der Waals surface area contributed by atoms with E-state index in [1.165, 1.54) is 5.56 Å². The minimum Gasteiger partial charge on any atom is -0.370 e. The summed E-state index contributed by atoms with van der Waals surface area (Å²) in [6.45, 7) is 9.71. The van der Waals surface area contributed by atoms with Gasteiger partial charge >= 0.3 is 0 Å². The first-order chi connectivity index (χ1) is 8.13. The smallest absolute Gasteiger partial charge is 0.130 e. The third-order valence-corrected chi connectivity index (χ3v) is 2.55. The molecule has 3 heteroatoms. The number of anilines is 1. The Morgan fingerprint density at radius 2 is 2.18 bits per heavy atom. The maximum absolute atomic E-state index is 4.41. The zero-order chi connectivity index (χ0) is 12.7. The van der Waals surface area contributed by atoms with Crippen LogP contribution < -0.4 is 5.32 Å². The van der Waals surface area contributed by atoms with E-state index < -0.39 is 0 Å². The molecule has 3 nitrogen and oxygen atoms in total. The van der Waals surface area contributed by atoms with Crippen LogP contribution in [0, 0.1) is 5.92 Å². The van der Waals surface area contributed by atoms with Crippen LogP contribution in [0.5, 0.6) is 0 Å². The highest BCUT2D eigenvalue weighted by molar-refractivity contribution is 5.43. The van der Waals surface area contributed by atoms with E-state index in [1.807, 2.05) is 12.3 Å². The Labute approximate surface area is 105 Å². The molecule has 0 aliphatic rings. The van der Waals surface area contributed by atoms with E-state index in [4.69, 9.17) is 0 Å². The highest BCUT2D eigenvalue weighted by Crippen LogP contribution is 2.14. The van der Waals surface area contributed by atoms with Crippen LogP contribution in [0.25, 0.3) is 0 Å².